The topological polar surface area (TPSA) is 192 Å². The predicted octanol–water partition coefficient (Wildman–Crippen LogP) is 7.98. The van der Waals surface area contributed by atoms with Crippen LogP contribution >= 0.6 is 7.14 Å². The fourth-order valence-corrected chi connectivity index (χ4v) is 13.0. The number of imide groups is 2. The van der Waals surface area contributed by atoms with E-state index in [4.69, 9.17) is 9.72 Å². The van der Waals surface area contributed by atoms with Gasteiger partial charge in [0.15, 0.2) is 0 Å². The smallest absolute Gasteiger partial charge is 0.262 e. The Kier molecular flexibility index (Phi) is 12.6. The van der Waals surface area contributed by atoms with Gasteiger partial charge in [-0.1, -0.05) is 19.8 Å². The first kappa shape index (κ1) is 46.3. The van der Waals surface area contributed by atoms with Crippen LogP contribution in [-0.4, -0.2) is 101 Å². The minimum Gasteiger partial charge on any atom is -0.494 e. The number of methoxy groups -OCH3 is 1. The lowest BCUT2D eigenvalue weighted by atomic mass is 9.70. The lowest BCUT2D eigenvalue weighted by Crippen LogP contribution is -2.54. The van der Waals surface area contributed by atoms with E-state index in [0.29, 0.717) is 50.8 Å². The Morgan fingerprint density at radius 1 is 0.797 bits per heavy atom. The molecule has 5 aliphatic rings. The van der Waals surface area contributed by atoms with Gasteiger partial charge in [-0.3, -0.25) is 39.4 Å². The summed E-state index contributed by atoms with van der Waals surface area (Å²) in [4.78, 5) is 75.0. The number of aromatic nitrogens is 4. The van der Waals surface area contributed by atoms with Crippen molar-refractivity contribution in [3.63, 3.8) is 0 Å². The summed E-state index contributed by atoms with van der Waals surface area (Å²) in [7, 11) is -1.06. The van der Waals surface area contributed by atoms with Crippen LogP contribution in [0, 0.1) is 30.6 Å². The van der Waals surface area contributed by atoms with E-state index in [1.54, 1.807) is 51.2 Å². The van der Waals surface area contributed by atoms with Gasteiger partial charge in [0.2, 0.25) is 17.8 Å². The van der Waals surface area contributed by atoms with Crippen LogP contribution in [0.4, 0.5) is 34.5 Å². The Morgan fingerprint density at radius 3 is 2.26 bits per heavy atom. The minimum atomic E-state index is -2.76. The van der Waals surface area contributed by atoms with Crippen molar-refractivity contribution in [2.75, 3.05) is 67.1 Å². The van der Waals surface area contributed by atoms with Crippen LogP contribution in [0.2, 0.25) is 0 Å². The normalized spacial score (nSPS) is 21.3. The van der Waals surface area contributed by atoms with Crippen LogP contribution in [0.15, 0.2) is 61.1 Å². The van der Waals surface area contributed by atoms with Gasteiger partial charge < -0.3 is 29.7 Å². The van der Waals surface area contributed by atoms with Crippen molar-refractivity contribution < 1.29 is 28.5 Å². The predicted molar refractivity (Wildman–Crippen MR) is 268 cm³/mol. The van der Waals surface area contributed by atoms with Crippen LogP contribution in [-0.2, 0) is 20.6 Å². The number of amides is 4. The molecule has 2 aromatic heterocycles. The second-order valence-corrected chi connectivity index (χ2v) is 23.2. The average molecular weight is 953 g/mol. The van der Waals surface area contributed by atoms with Crippen LogP contribution < -0.4 is 35.8 Å². The van der Waals surface area contributed by atoms with Crippen molar-refractivity contribution in [3.8, 4) is 5.75 Å². The molecule has 1 atom stereocenters. The van der Waals surface area contributed by atoms with Crippen molar-refractivity contribution in [1.82, 2.24) is 30.2 Å². The number of rotatable bonds is 13. The Morgan fingerprint density at radius 2 is 1.54 bits per heavy atom. The minimum absolute atomic E-state index is 0.102. The highest BCUT2D eigenvalue weighted by atomic mass is 31.2. The highest BCUT2D eigenvalue weighted by molar-refractivity contribution is 7.71. The fourth-order valence-electron chi connectivity index (χ4n) is 11.6. The Bertz CT molecular complexity index is 2900. The van der Waals surface area contributed by atoms with Crippen molar-refractivity contribution in [2.45, 2.75) is 84.1 Å². The molecule has 0 radical (unpaired) electrons. The third-order valence-electron chi connectivity index (χ3n) is 15.3. The van der Waals surface area contributed by atoms with E-state index in [1.807, 2.05) is 25.1 Å². The van der Waals surface area contributed by atoms with Crippen molar-refractivity contribution in [1.29, 1.82) is 0 Å². The highest BCUT2D eigenvalue weighted by Crippen LogP contribution is 2.44. The first-order chi connectivity index (χ1) is 33.3. The molecule has 0 bridgehead atoms. The number of carbonyl (C=O) groups excluding carboxylic acids is 4. The fraction of sp³-hybridized carbons (Fsp3) is 0.462. The SMILES string of the molecule is CCc1cc(Nc2ncc(C)c(Nc3ccc4nccnc4c3P(C)(C)=O)n2)c(OC)cc1N1CCC(C2CCC(CC3CN(c4ccc5c(c4)C(=O)N(C4CCC(=O)NC4=O)C5=O)C3)CC2)CC1. The molecule has 1 aliphatic carbocycles. The summed E-state index contributed by atoms with van der Waals surface area (Å²) in [6.07, 6.45) is 14.9. The summed E-state index contributed by atoms with van der Waals surface area (Å²) >= 11 is 0. The third kappa shape index (κ3) is 9.15. The number of hydrogen-bond acceptors (Lipinski definition) is 14. The molecule has 5 aromatic rings. The summed E-state index contributed by atoms with van der Waals surface area (Å²) in [6, 6.07) is 12.5. The van der Waals surface area contributed by atoms with Crippen molar-refractivity contribution in [3.05, 3.63) is 83.3 Å². The largest absolute Gasteiger partial charge is 0.494 e. The number of benzene rings is 3. The summed E-state index contributed by atoms with van der Waals surface area (Å²) in [5, 5.41) is 9.77. The van der Waals surface area contributed by atoms with E-state index in [1.165, 1.54) is 56.2 Å². The lowest BCUT2D eigenvalue weighted by molar-refractivity contribution is -0.136. The number of aryl methyl sites for hydroxylation is 2. The first-order valence-electron chi connectivity index (χ1n) is 24.5. The lowest BCUT2D eigenvalue weighted by Gasteiger charge is -2.44. The molecule has 17 heteroatoms. The molecule has 6 heterocycles. The van der Waals surface area contributed by atoms with Gasteiger partial charge in [-0.2, -0.15) is 4.98 Å². The van der Waals surface area contributed by atoms with Gasteiger partial charge in [0, 0.05) is 74.2 Å². The van der Waals surface area contributed by atoms with Crippen molar-refractivity contribution >= 4 is 81.6 Å². The number of nitrogens with one attached hydrogen (secondary N) is 3. The number of piperidine rings is 2. The summed E-state index contributed by atoms with van der Waals surface area (Å²) in [5.74, 6) is 2.67. The number of ether oxygens (including phenoxy) is 1. The molecule has 0 spiro atoms. The van der Waals surface area contributed by atoms with E-state index in [0.717, 1.165) is 77.9 Å². The molecule has 1 unspecified atom stereocenters. The molecular weight excluding hydrogens is 892 g/mol. The quantitative estimate of drug-likeness (QED) is 0.0760. The van der Waals surface area contributed by atoms with Gasteiger partial charge in [0.05, 0.1) is 40.4 Å². The maximum Gasteiger partial charge on any atom is 0.262 e. The standard InChI is InChI=1S/C52H61N10O6P/c1-6-33-24-41(57-52-55-27-30(2)48(59-52)56-40-14-13-39-46(54-20-19-53-39)47(40)69(4,5)67)44(68-3)26-43(33)60-21-17-35(18-22-60)34-9-7-31(8-10-34)23-32-28-61(29-32)36-11-12-37-38(25-36)51(66)62(50(37)65)42-15-16-45(63)58-49(42)64/h11-14,19-20,24-27,31-32,34-35,42H,6-10,15-18,21-23,28-29H2,1-5H3,(H,58,63,64)(H2,55,56,57,59). The van der Waals surface area contributed by atoms with Crippen LogP contribution in [0.5, 0.6) is 5.75 Å². The van der Waals surface area contributed by atoms with Gasteiger partial charge in [-0.05, 0) is 131 Å². The van der Waals surface area contributed by atoms with E-state index in [-0.39, 0.29) is 18.7 Å². The van der Waals surface area contributed by atoms with E-state index in [9.17, 15) is 23.7 Å². The summed E-state index contributed by atoms with van der Waals surface area (Å²) < 4.78 is 19.6. The van der Waals surface area contributed by atoms with E-state index >= 15 is 0 Å². The molecule has 3 aromatic carbocycles. The number of anilines is 6. The van der Waals surface area contributed by atoms with Crippen LogP contribution in [0.3, 0.4) is 0 Å². The second kappa shape index (κ2) is 18.8. The molecule has 16 nitrogen and oxygen atoms in total. The second-order valence-electron chi connectivity index (χ2n) is 20.0. The summed E-state index contributed by atoms with van der Waals surface area (Å²) in [5.41, 5.74) is 7.63. The average Bonchev–Trinajstić information content (AvgIpc) is 3.58. The van der Waals surface area contributed by atoms with Gasteiger partial charge >= 0.3 is 0 Å². The van der Waals surface area contributed by atoms with Gasteiger partial charge in [-0.15, -0.1) is 0 Å². The zero-order valence-corrected chi connectivity index (χ0v) is 41.0. The van der Waals surface area contributed by atoms with E-state index in [2.05, 4.69) is 59.8 Å². The monoisotopic (exact) mass is 952 g/mol. The molecule has 1 saturated carbocycles. The van der Waals surface area contributed by atoms with Crippen LogP contribution in [0.25, 0.3) is 11.0 Å². The van der Waals surface area contributed by atoms with E-state index < -0.39 is 30.9 Å². The first-order valence-corrected chi connectivity index (χ1v) is 27.1. The molecule has 4 fully saturated rings. The molecule has 69 heavy (non-hydrogen) atoms. The molecule has 3 N–H and O–H groups in total. The van der Waals surface area contributed by atoms with Crippen molar-refractivity contribution in [2.24, 2.45) is 23.7 Å². The molecule has 10 rings (SSSR count). The molecule has 4 amide bonds. The number of hydrogen-bond donors (Lipinski definition) is 3. The maximum absolute atomic E-state index is 13.6. The Hall–Kier alpha value is -6.41. The summed E-state index contributed by atoms with van der Waals surface area (Å²) in [6.45, 7) is 11.5. The highest BCUT2D eigenvalue weighted by Gasteiger charge is 2.45. The molecule has 360 valence electrons. The third-order valence-corrected chi connectivity index (χ3v) is 16.8. The molecule has 3 saturated heterocycles. The number of fused-ring (bicyclic) bond motifs is 2. The van der Waals surface area contributed by atoms with Gasteiger partial charge in [0.25, 0.3) is 11.8 Å². The maximum atomic E-state index is 13.6. The molecular formula is C52H61N10O6P. The van der Waals surface area contributed by atoms with Gasteiger partial charge in [0.1, 0.15) is 30.3 Å². The zero-order chi connectivity index (χ0) is 48.1. The van der Waals surface area contributed by atoms with Gasteiger partial charge in [-0.25, -0.2) is 4.98 Å². The number of carbonyl (C=O) groups is 4. The number of nitrogens with zero attached hydrogens (tertiary/aromatic N) is 7. The Balaban J connectivity index is 0.714. The molecule has 4 aliphatic heterocycles. The van der Waals surface area contributed by atoms with Crippen LogP contribution in [0.1, 0.15) is 96.6 Å². The zero-order valence-electron chi connectivity index (χ0n) is 40.1. The Labute approximate surface area is 402 Å².